The summed E-state index contributed by atoms with van der Waals surface area (Å²) in [4.78, 5) is 16.5. The van der Waals surface area contributed by atoms with E-state index >= 15 is 0 Å². The SMILES string of the molecule is CC(CC1CCN(C)CCN1C(C)(C)CN1CCCN(C(C)(C)C)CC1)N1CCCN(C(C)(C)C)CC1. The van der Waals surface area contributed by atoms with Crippen LogP contribution in [0.2, 0.25) is 0 Å². The molecule has 0 aliphatic carbocycles. The predicted octanol–water partition coefficient (Wildman–Crippen LogP) is 4.16. The van der Waals surface area contributed by atoms with Gasteiger partial charge >= 0.3 is 0 Å². The summed E-state index contributed by atoms with van der Waals surface area (Å²) >= 11 is 0. The summed E-state index contributed by atoms with van der Waals surface area (Å²) in [6.45, 7) is 36.4. The van der Waals surface area contributed by atoms with E-state index in [0.29, 0.717) is 12.1 Å². The van der Waals surface area contributed by atoms with Gasteiger partial charge in [-0.25, -0.2) is 0 Å². The first-order valence-electron chi connectivity index (χ1n) is 15.6. The third-order valence-electron chi connectivity index (χ3n) is 9.65. The van der Waals surface area contributed by atoms with Crippen LogP contribution in [0.25, 0.3) is 0 Å². The molecule has 3 aliphatic rings. The molecule has 3 rings (SSSR count). The van der Waals surface area contributed by atoms with Crippen LogP contribution in [0.5, 0.6) is 0 Å². The van der Waals surface area contributed by atoms with Crippen LogP contribution in [-0.4, -0.2) is 144 Å². The Bertz CT molecular complexity index is 680. The summed E-state index contributed by atoms with van der Waals surface area (Å²) in [7, 11) is 2.32. The Morgan fingerprint density at radius 3 is 1.86 bits per heavy atom. The van der Waals surface area contributed by atoms with E-state index in [-0.39, 0.29) is 16.6 Å². The molecular formula is C31H64N6. The molecule has 0 bridgehead atoms. The number of hydrogen-bond acceptors (Lipinski definition) is 6. The molecule has 0 spiro atoms. The van der Waals surface area contributed by atoms with Crippen molar-refractivity contribution in [2.45, 2.75) is 117 Å². The van der Waals surface area contributed by atoms with Crippen LogP contribution in [0.4, 0.5) is 0 Å². The van der Waals surface area contributed by atoms with E-state index in [1.807, 2.05) is 0 Å². The normalized spacial score (nSPS) is 27.6. The van der Waals surface area contributed by atoms with Crippen molar-refractivity contribution in [2.75, 3.05) is 85.6 Å². The first kappa shape index (κ1) is 31.3. The van der Waals surface area contributed by atoms with E-state index in [1.165, 1.54) is 104 Å². The Kier molecular flexibility index (Phi) is 11.0. The first-order valence-corrected chi connectivity index (χ1v) is 15.6. The lowest BCUT2D eigenvalue weighted by molar-refractivity contribution is 0.0261. The van der Waals surface area contributed by atoms with Crippen LogP contribution < -0.4 is 0 Å². The minimum absolute atomic E-state index is 0.189. The molecular weight excluding hydrogens is 456 g/mol. The van der Waals surface area contributed by atoms with Crippen molar-refractivity contribution in [1.82, 2.24) is 29.4 Å². The molecule has 0 aromatic rings. The van der Waals surface area contributed by atoms with Crippen molar-refractivity contribution in [3.8, 4) is 0 Å². The summed E-state index contributed by atoms with van der Waals surface area (Å²) in [5, 5.41) is 0. The molecule has 6 heteroatoms. The summed E-state index contributed by atoms with van der Waals surface area (Å²) in [5.74, 6) is 0. The monoisotopic (exact) mass is 521 g/mol. The van der Waals surface area contributed by atoms with Gasteiger partial charge in [-0.2, -0.15) is 0 Å². The lowest BCUT2D eigenvalue weighted by atomic mass is 9.94. The second kappa shape index (κ2) is 13.0. The fourth-order valence-corrected chi connectivity index (χ4v) is 7.17. The van der Waals surface area contributed by atoms with Crippen molar-refractivity contribution < 1.29 is 0 Å². The van der Waals surface area contributed by atoms with Crippen molar-refractivity contribution in [2.24, 2.45) is 0 Å². The van der Waals surface area contributed by atoms with Gasteiger partial charge in [-0.05, 0) is 128 Å². The maximum atomic E-state index is 2.93. The van der Waals surface area contributed by atoms with Crippen LogP contribution in [-0.2, 0) is 0 Å². The minimum Gasteiger partial charge on any atom is -0.305 e. The highest BCUT2D eigenvalue weighted by Gasteiger charge is 2.37. The summed E-state index contributed by atoms with van der Waals surface area (Å²) in [6.07, 6.45) is 5.18. The molecule has 3 fully saturated rings. The zero-order valence-corrected chi connectivity index (χ0v) is 26.7. The summed E-state index contributed by atoms with van der Waals surface area (Å²) < 4.78 is 0. The second-order valence-electron chi connectivity index (χ2n) is 15.2. The smallest absolute Gasteiger partial charge is 0.0283 e. The van der Waals surface area contributed by atoms with Gasteiger partial charge in [0.05, 0.1) is 0 Å². The molecule has 0 amide bonds. The molecule has 0 radical (unpaired) electrons. The predicted molar refractivity (Wildman–Crippen MR) is 161 cm³/mol. The maximum Gasteiger partial charge on any atom is 0.0283 e. The van der Waals surface area contributed by atoms with Crippen LogP contribution >= 0.6 is 0 Å². The lowest BCUT2D eigenvalue weighted by Crippen LogP contribution is -2.57. The first-order chi connectivity index (χ1) is 17.2. The van der Waals surface area contributed by atoms with E-state index in [0.717, 1.165) is 0 Å². The minimum atomic E-state index is 0.189. The lowest BCUT2D eigenvalue weighted by Gasteiger charge is -2.46. The van der Waals surface area contributed by atoms with Crippen molar-refractivity contribution in [3.63, 3.8) is 0 Å². The van der Waals surface area contributed by atoms with E-state index in [1.54, 1.807) is 0 Å². The van der Waals surface area contributed by atoms with Gasteiger partial charge in [0, 0.05) is 74.5 Å². The highest BCUT2D eigenvalue weighted by atomic mass is 15.3. The Morgan fingerprint density at radius 1 is 0.649 bits per heavy atom. The zero-order valence-electron chi connectivity index (χ0n) is 26.7. The van der Waals surface area contributed by atoms with Crippen molar-refractivity contribution in [3.05, 3.63) is 0 Å². The van der Waals surface area contributed by atoms with Crippen molar-refractivity contribution in [1.29, 1.82) is 0 Å². The Labute approximate surface area is 231 Å². The second-order valence-corrected chi connectivity index (χ2v) is 15.2. The average Bonchev–Trinajstić information content (AvgIpc) is 3.24. The molecule has 3 aliphatic heterocycles. The van der Waals surface area contributed by atoms with Gasteiger partial charge in [0.15, 0.2) is 0 Å². The fraction of sp³-hybridized carbons (Fsp3) is 1.00. The molecule has 0 aromatic carbocycles. The van der Waals surface area contributed by atoms with Gasteiger partial charge in [0.2, 0.25) is 0 Å². The van der Waals surface area contributed by atoms with Gasteiger partial charge < -0.3 is 9.80 Å². The number of rotatable bonds is 6. The molecule has 6 nitrogen and oxygen atoms in total. The van der Waals surface area contributed by atoms with E-state index in [4.69, 9.17) is 0 Å². The average molecular weight is 521 g/mol. The van der Waals surface area contributed by atoms with Gasteiger partial charge in [0.1, 0.15) is 0 Å². The van der Waals surface area contributed by atoms with Crippen LogP contribution in [0.3, 0.4) is 0 Å². The standard InChI is InChI=1S/C31H64N6/c1-27(34-15-12-17-36(23-21-34)30(5,6)7)25-28-13-18-32(10)19-24-37(28)31(8,9)26-33-14-11-16-35(22-20-33)29(2,3)4/h27-28H,11-26H2,1-10H3. The van der Waals surface area contributed by atoms with Gasteiger partial charge in [-0.3, -0.25) is 19.6 Å². The maximum absolute atomic E-state index is 2.93. The zero-order chi connectivity index (χ0) is 27.4. The van der Waals surface area contributed by atoms with Crippen LogP contribution in [0, 0.1) is 0 Å². The van der Waals surface area contributed by atoms with Gasteiger partial charge in [-0.1, -0.05) is 0 Å². The van der Waals surface area contributed by atoms with E-state index in [2.05, 4.69) is 98.8 Å². The number of nitrogens with zero attached hydrogens (tertiary/aromatic N) is 6. The third kappa shape index (κ3) is 9.14. The molecule has 37 heavy (non-hydrogen) atoms. The molecule has 0 saturated carbocycles. The van der Waals surface area contributed by atoms with Crippen LogP contribution in [0.1, 0.15) is 88.0 Å². The quantitative estimate of drug-likeness (QED) is 0.520. The topological polar surface area (TPSA) is 19.4 Å². The molecule has 3 heterocycles. The highest BCUT2D eigenvalue weighted by Crippen LogP contribution is 2.28. The van der Waals surface area contributed by atoms with Gasteiger partial charge in [0.25, 0.3) is 0 Å². The van der Waals surface area contributed by atoms with E-state index in [9.17, 15) is 0 Å². The molecule has 0 aromatic heterocycles. The molecule has 2 atom stereocenters. The van der Waals surface area contributed by atoms with Gasteiger partial charge in [-0.15, -0.1) is 0 Å². The number of likely N-dealkylation sites (N-methyl/N-ethyl adjacent to an activating group) is 1. The molecule has 0 N–H and O–H groups in total. The number of hydrogen-bond donors (Lipinski definition) is 0. The summed E-state index contributed by atoms with van der Waals surface area (Å²) in [5.41, 5.74) is 0.747. The molecule has 2 unspecified atom stereocenters. The fourth-order valence-electron chi connectivity index (χ4n) is 7.17. The Morgan fingerprint density at radius 2 is 1.24 bits per heavy atom. The Hall–Kier alpha value is -0.240. The Balaban J connectivity index is 1.65. The molecule has 218 valence electrons. The summed E-state index contributed by atoms with van der Waals surface area (Å²) in [6, 6.07) is 1.31. The van der Waals surface area contributed by atoms with E-state index < -0.39 is 0 Å². The van der Waals surface area contributed by atoms with Crippen molar-refractivity contribution >= 4 is 0 Å². The molecule has 3 saturated heterocycles. The third-order valence-corrected chi connectivity index (χ3v) is 9.65. The van der Waals surface area contributed by atoms with Crippen LogP contribution in [0.15, 0.2) is 0 Å². The largest absolute Gasteiger partial charge is 0.305 e. The highest BCUT2D eigenvalue weighted by molar-refractivity contribution is 4.94.